The molecule has 2 heterocycles. The molecular formula is C12H13BrN2O3. The molecule has 6 heteroatoms. The van der Waals surface area contributed by atoms with Gasteiger partial charge < -0.3 is 9.52 Å². The minimum atomic E-state index is -0.846. The van der Waals surface area contributed by atoms with Crippen LogP contribution in [0.4, 0.5) is 0 Å². The Labute approximate surface area is 113 Å². The fourth-order valence-electron chi connectivity index (χ4n) is 1.88. The summed E-state index contributed by atoms with van der Waals surface area (Å²) in [4.78, 5) is 10.8. The van der Waals surface area contributed by atoms with Crippen LogP contribution in [0.3, 0.4) is 0 Å². The first-order chi connectivity index (χ1) is 8.47. The maximum Gasteiger partial charge on any atom is 0.307 e. The van der Waals surface area contributed by atoms with Gasteiger partial charge in [-0.3, -0.25) is 9.48 Å². The second kappa shape index (κ2) is 4.97. The largest absolute Gasteiger partial charge is 0.481 e. The van der Waals surface area contributed by atoms with Crippen LogP contribution in [-0.2, 0) is 17.8 Å². The number of carboxylic acid groups (broad SMARTS) is 1. The summed E-state index contributed by atoms with van der Waals surface area (Å²) < 4.78 is 7.85. The highest BCUT2D eigenvalue weighted by Crippen LogP contribution is 2.18. The van der Waals surface area contributed by atoms with E-state index in [1.165, 1.54) is 0 Å². The molecule has 0 bridgehead atoms. The monoisotopic (exact) mass is 312 g/mol. The van der Waals surface area contributed by atoms with Crippen molar-refractivity contribution in [1.82, 2.24) is 9.78 Å². The van der Waals surface area contributed by atoms with Gasteiger partial charge in [0.25, 0.3) is 0 Å². The maximum atomic E-state index is 10.8. The van der Waals surface area contributed by atoms with E-state index in [1.54, 1.807) is 4.68 Å². The molecule has 0 aliphatic rings. The summed E-state index contributed by atoms with van der Waals surface area (Å²) in [5.74, 6) is -0.0733. The smallest absolute Gasteiger partial charge is 0.307 e. The fourth-order valence-corrected chi connectivity index (χ4v) is 2.22. The number of hydrogen-bond donors (Lipinski definition) is 1. The highest BCUT2D eigenvalue weighted by atomic mass is 79.9. The lowest BCUT2D eigenvalue weighted by molar-refractivity contribution is -0.136. The number of halogens is 1. The summed E-state index contributed by atoms with van der Waals surface area (Å²) in [6.07, 6.45) is -0.000480. The van der Waals surface area contributed by atoms with Crippen LogP contribution >= 0.6 is 15.9 Å². The van der Waals surface area contributed by atoms with Crippen molar-refractivity contribution in [3.05, 3.63) is 39.5 Å². The van der Waals surface area contributed by atoms with Gasteiger partial charge in [-0.15, -0.1) is 0 Å². The molecule has 96 valence electrons. The highest BCUT2D eigenvalue weighted by Gasteiger charge is 2.15. The van der Waals surface area contributed by atoms with Crippen LogP contribution in [0.25, 0.3) is 0 Å². The summed E-state index contributed by atoms with van der Waals surface area (Å²) in [5.41, 5.74) is 2.39. The number of furan rings is 1. The van der Waals surface area contributed by atoms with E-state index >= 15 is 0 Å². The third kappa shape index (κ3) is 2.64. The van der Waals surface area contributed by atoms with Crippen molar-refractivity contribution in [3.63, 3.8) is 0 Å². The molecule has 0 atom stereocenters. The van der Waals surface area contributed by atoms with Crippen molar-refractivity contribution < 1.29 is 14.3 Å². The first-order valence-electron chi connectivity index (χ1n) is 5.46. The van der Waals surface area contributed by atoms with Crippen molar-refractivity contribution in [2.75, 3.05) is 0 Å². The molecule has 0 amide bonds. The first kappa shape index (κ1) is 12.9. The number of aliphatic carboxylic acids is 1. The van der Waals surface area contributed by atoms with Gasteiger partial charge in [0, 0.05) is 11.3 Å². The van der Waals surface area contributed by atoms with Crippen molar-refractivity contribution in [2.24, 2.45) is 0 Å². The second-order valence-corrected chi connectivity index (χ2v) is 4.86. The molecule has 0 aliphatic heterocycles. The maximum absolute atomic E-state index is 10.8. The Balaban J connectivity index is 2.26. The fraction of sp³-hybridized carbons (Fsp3) is 0.333. The number of rotatable bonds is 4. The zero-order valence-corrected chi connectivity index (χ0v) is 11.7. The van der Waals surface area contributed by atoms with E-state index in [-0.39, 0.29) is 6.42 Å². The lowest BCUT2D eigenvalue weighted by Gasteiger charge is -2.02. The van der Waals surface area contributed by atoms with Gasteiger partial charge in [-0.25, -0.2) is 0 Å². The second-order valence-electron chi connectivity index (χ2n) is 4.08. The molecule has 0 fully saturated rings. The Morgan fingerprint density at radius 2 is 2.22 bits per heavy atom. The molecular weight excluding hydrogens is 300 g/mol. The van der Waals surface area contributed by atoms with E-state index < -0.39 is 5.97 Å². The molecule has 0 aromatic carbocycles. The molecule has 0 saturated carbocycles. The van der Waals surface area contributed by atoms with Crippen LogP contribution in [0.2, 0.25) is 0 Å². The lowest BCUT2D eigenvalue weighted by Crippen LogP contribution is -2.05. The van der Waals surface area contributed by atoms with Gasteiger partial charge in [-0.2, -0.15) is 5.10 Å². The van der Waals surface area contributed by atoms with E-state index in [4.69, 9.17) is 9.52 Å². The van der Waals surface area contributed by atoms with E-state index in [1.807, 2.05) is 26.0 Å². The Morgan fingerprint density at radius 1 is 1.50 bits per heavy atom. The molecule has 2 rings (SSSR count). The summed E-state index contributed by atoms with van der Waals surface area (Å²) in [5, 5.41) is 13.2. The summed E-state index contributed by atoms with van der Waals surface area (Å²) in [6.45, 7) is 4.19. The van der Waals surface area contributed by atoms with E-state index in [0.717, 1.165) is 22.7 Å². The number of hydrogen-bond acceptors (Lipinski definition) is 3. The van der Waals surface area contributed by atoms with Crippen LogP contribution in [-0.4, -0.2) is 20.9 Å². The van der Waals surface area contributed by atoms with Crippen LogP contribution in [0.1, 0.15) is 22.7 Å². The average molecular weight is 313 g/mol. The Morgan fingerprint density at radius 3 is 2.78 bits per heavy atom. The Hall–Kier alpha value is -1.56. The quantitative estimate of drug-likeness (QED) is 0.942. The third-order valence-corrected chi connectivity index (χ3v) is 3.22. The molecule has 0 aliphatic carbocycles. The molecule has 2 aromatic rings. The molecule has 0 saturated heterocycles. The van der Waals surface area contributed by atoms with E-state index in [0.29, 0.717) is 11.2 Å². The van der Waals surface area contributed by atoms with Gasteiger partial charge in [0.05, 0.1) is 18.7 Å². The molecule has 2 aromatic heterocycles. The number of carboxylic acids is 1. The molecule has 0 radical (unpaired) electrons. The lowest BCUT2D eigenvalue weighted by atomic mass is 10.1. The van der Waals surface area contributed by atoms with Crippen LogP contribution in [0, 0.1) is 13.8 Å². The zero-order chi connectivity index (χ0) is 13.3. The van der Waals surface area contributed by atoms with Crippen molar-refractivity contribution in [3.8, 4) is 0 Å². The predicted molar refractivity (Wildman–Crippen MR) is 68.6 cm³/mol. The third-order valence-electron chi connectivity index (χ3n) is 2.79. The van der Waals surface area contributed by atoms with Gasteiger partial charge in [0.1, 0.15) is 5.76 Å². The summed E-state index contributed by atoms with van der Waals surface area (Å²) >= 11 is 3.24. The number of nitrogens with zero attached hydrogens (tertiary/aromatic N) is 2. The van der Waals surface area contributed by atoms with Gasteiger partial charge in [-0.1, -0.05) is 0 Å². The minimum absolute atomic E-state index is 0.000480. The van der Waals surface area contributed by atoms with Crippen molar-refractivity contribution in [1.29, 1.82) is 0 Å². The van der Waals surface area contributed by atoms with Gasteiger partial charge >= 0.3 is 5.97 Å². The van der Waals surface area contributed by atoms with Crippen molar-refractivity contribution in [2.45, 2.75) is 26.8 Å². The van der Waals surface area contributed by atoms with Crippen molar-refractivity contribution >= 4 is 21.9 Å². The molecule has 0 unspecified atom stereocenters. The standard InChI is InChI=1S/C12H13BrN2O3/c1-7-10(5-12(16)17)8(2)15(14-7)6-9-3-4-11(13)18-9/h3-4H,5-6H2,1-2H3,(H,16,17). The predicted octanol–water partition coefficient (Wildman–Crippen LogP) is 2.53. The zero-order valence-electron chi connectivity index (χ0n) is 10.1. The Bertz CT molecular complexity index is 586. The van der Waals surface area contributed by atoms with E-state index in [2.05, 4.69) is 21.0 Å². The molecule has 5 nitrogen and oxygen atoms in total. The van der Waals surface area contributed by atoms with Gasteiger partial charge in [-0.05, 0) is 41.9 Å². The van der Waals surface area contributed by atoms with E-state index in [9.17, 15) is 4.79 Å². The Kier molecular flexibility index (Phi) is 3.56. The topological polar surface area (TPSA) is 68.3 Å². The molecule has 0 spiro atoms. The normalized spacial score (nSPS) is 10.8. The minimum Gasteiger partial charge on any atom is -0.481 e. The molecule has 18 heavy (non-hydrogen) atoms. The highest BCUT2D eigenvalue weighted by molar-refractivity contribution is 9.10. The van der Waals surface area contributed by atoms with Gasteiger partial charge in [0.15, 0.2) is 4.67 Å². The number of carbonyl (C=O) groups is 1. The van der Waals surface area contributed by atoms with Crippen LogP contribution in [0.5, 0.6) is 0 Å². The summed E-state index contributed by atoms with van der Waals surface area (Å²) in [7, 11) is 0. The molecule has 1 N–H and O–H groups in total. The van der Waals surface area contributed by atoms with Gasteiger partial charge in [0.2, 0.25) is 0 Å². The average Bonchev–Trinajstić information content (AvgIpc) is 2.78. The summed E-state index contributed by atoms with van der Waals surface area (Å²) in [6, 6.07) is 3.68. The first-order valence-corrected chi connectivity index (χ1v) is 6.25. The SMILES string of the molecule is Cc1nn(Cc2ccc(Br)o2)c(C)c1CC(=O)O. The number of aryl methyl sites for hydroxylation is 1. The number of aromatic nitrogens is 2. The van der Waals surface area contributed by atoms with Crippen LogP contribution in [0.15, 0.2) is 21.2 Å². The van der Waals surface area contributed by atoms with Crippen LogP contribution < -0.4 is 0 Å².